The van der Waals surface area contributed by atoms with Gasteiger partial charge in [0.05, 0.1) is 17.3 Å². The molecule has 6 rings (SSSR count). The molecule has 2 fully saturated rings. The summed E-state index contributed by atoms with van der Waals surface area (Å²) in [7, 11) is 2.03. The normalized spacial score (nSPS) is 18.8. The lowest BCUT2D eigenvalue weighted by Crippen LogP contribution is -2.28. The number of aliphatic hydroxyl groups excluding tert-OH is 1. The second-order valence-electron chi connectivity index (χ2n) is 10.8. The van der Waals surface area contributed by atoms with Gasteiger partial charge in [0.2, 0.25) is 0 Å². The zero-order valence-electron chi connectivity index (χ0n) is 21.3. The molecule has 2 saturated carbocycles. The number of aromatic amines is 1. The molecule has 0 radical (unpaired) electrons. The second kappa shape index (κ2) is 9.41. The van der Waals surface area contributed by atoms with Gasteiger partial charge < -0.3 is 15.0 Å². The molecule has 188 valence electrons. The lowest BCUT2D eigenvalue weighted by atomic mass is 9.72. The van der Waals surface area contributed by atoms with E-state index in [1.54, 1.807) is 13.3 Å². The molecule has 0 amide bonds. The van der Waals surface area contributed by atoms with E-state index in [9.17, 15) is 5.11 Å². The van der Waals surface area contributed by atoms with Crippen LogP contribution in [0.2, 0.25) is 0 Å². The standard InChI is InChI=1S/C28H35N7O/c1-16(36)14-29-17(2)25-27-22(13-23(31-25)18-10-11-18)26(32-33-27)21-9-5-8-20(12-21)24(19-6-4-7-19)28-34-30-15-35(28)3/h5,8-9,12-13,15-19,24,29,36H,4,6-7,10-11,14H2,1-3H3,(H,32,33)/t16-,17+,24+/m0/s1. The summed E-state index contributed by atoms with van der Waals surface area (Å²) >= 11 is 0. The van der Waals surface area contributed by atoms with Crippen LogP contribution in [-0.2, 0) is 7.05 Å². The number of H-pyrrole nitrogens is 1. The first kappa shape index (κ1) is 23.3. The van der Waals surface area contributed by atoms with Gasteiger partial charge in [-0.3, -0.25) is 10.1 Å². The van der Waals surface area contributed by atoms with Crippen molar-refractivity contribution in [3.63, 3.8) is 0 Å². The van der Waals surface area contributed by atoms with Crippen LogP contribution in [0, 0.1) is 5.92 Å². The Morgan fingerprint density at radius 1 is 1.17 bits per heavy atom. The molecule has 0 aliphatic heterocycles. The predicted molar refractivity (Wildman–Crippen MR) is 140 cm³/mol. The molecule has 0 saturated heterocycles. The van der Waals surface area contributed by atoms with Gasteiger partial charge in [0.25, 0.3) is 0 Å². The van der Waals surface area contributed by atoms with Crippen molar-refractivity contribution in [1.82, 2.24) is 35.3 Å². The maximum atomic E-state index is 9.77. The summed E-state index contributed by atoms with van der Waals surface area (Å²) in [5.74, 6) is 2.40. The third kappa shape index (κ3) is 4.33. The highest BCUT2D eigenvalue weighted by atomic mass is 16.3. The average molecular weight is 486 g/mol. The van der Waals surface area contributed by atoms with Crippen LogP contribution >= 0.6 is 0 Å². The molecule has 3 N–H and O–H groups in total. The molecule has 0 bridgehead atoms. The van der Waals surface area contributed by atoms with Crippen molar-refractivity contribution < 1.29 is 5.11 Å². The van der Waals surface area contributed by atoms with E-state index in [0.717, 1.165) is 39.4 Å². The summed E-state index contributed by atoms with van der Waals surface area (Å²) in [5, 5.41) is 31.1. The maximum absolute atomic E-state index is 9.77. The van der Waals surface area contributed by atoms with Crippen molar-refractivity contribution in [2.24, 2.45) is 13.0 Å². The first-order valence-corrected chi connectivity index (χ1v) is 13.2. The average Bonchev–Trinajstić information content (AvgIpc) is 3.48. The SMILES string of the molecule is C[C@H](O)CN[C@H](C)c1nc(C2CC2)cc2c(-c3cccc([C@H](c4nncn4C)C4CCC4)c3)n[nH]c12. The van der Waals surface area contributed by atoms with E-state index in [-0.39, 0.29) is 12.0 Å². The van der Waals surface area contributed by atoms with E-state index in [0.29, 0.717) is 18.4 Å². The van der Waals surface area contributed by atoms with Gasteiger partial charge in [-0.1, -0.05) is 24.6 Å². The first-order valence-electron chi connectivity index (χ1n) is 13.2. The summed E-state index contributed by atoms with van der Waals surface area (Å²) in [5.41, 5.74) is 6.42. The Bertz CT molecular complexity index is 1370. The number of benzene rings is 1. The van der Waals surface area contributed by atoms with E-state index < -0.39 is 6.10 Å². The van der Waals surface area contributed by atoms with Crippen LogP contribution in [0.5, 0.6) is 0 Å². The van der Waals surface area contributed by atoms with Crippen LogP contribution < -0.4 is 5.32 Å². The summed E-state index contributed by atoms with van der Waals surface area (Å²) in [6.07, 6.45) is 7.51. The smallest absolute Gasteiger partial charge is 0.140 e. The van der Waals surface area contributed by atoms with E-state index in [2.05, 4.69) is 62.4 Å². The Balaban J connectivity index is 1.42. The van der Waals surface area contributed by atoms with Gasteiger partial charge >= 0.3 is 0 Å². The van der Waals surface area contributed by atoms with Gasteiger partial charge in [0.1, 0.15) is 17.8 Å². The van der Waals surface area contributed by atoms with Crippen LogP contribution in [0.15, 0.2) is 36.7 Å². The lowest BCUT2D eigenvalue weighted by molar-refractivity contribution is 0.187. The van der Waals surface area contributed by atoms with Gasteiger partial charge in [0, 0.05) is 48.1 Å². The topological polar surface area (TPSA) is 105 Å². The third-order valence-electron chi connectivity index (χ3n) is 7.89. The van der Waals surface area contributed by atoms with Crippen molar-refractivity contribution in [1.29, 1.82) is 0 Å². The molecule has 2 aliphatic rings. The van der Waals surface area contributed by atoms with Gasteiger partial charge in [-0.05, 0) is 63.1 Å². The molecule has 4 aromatic rings. The number of nitrogens with zero attached hydrogens (tertiary/aromatic N) is 5. The number of aryl methyl sites for hydroxylation is 1. The Morgan fingerprint density at radius 3 is 2.67 bits per heavy atom. The molecular weight excluding hydrogens is 450 g/mol. The molecule has 3 heterocycles. The van der Waals surface area contributed by atoms with Gasteiger partial charge in [0.15, 0.2) is 0 Å². The Hall–Kier alpha value is -3.10. The molecule has 1 aromatic carbocycles. The number of nitrogens with one attached hydrogen (secondary N) is 2. The zero-order chi connectivity index (χ0) is 24.8. The van der Waals surface area contributed by atoms with E-state index >= 15 is 0 Å². The van der Waals surface area contributed by atoms with E-state index in [1.807, 2.05) is 7.05 Å². The maximum Gasteiger partial charge on any atom is 0.140 e. The Labute approximate surface area is 211 Å². The summed E-state index contributed by atoms with van der Waals surface area (Å²) in [6, 6.07) is 11.0. The second-order valence-corrected chi connectivity index (χ2v) is 10.8. The highest BCUT2D eigenvalue weighted by Gasteiger charge is 2.33. The number of hydrogen-bond acceptors (Lipinski definition) is 6. The number of aliphatic hydroxyl groups is 1. The number of fused-ring (bicyclic) bond motifs is 1. The van der Waals surface area contributed by atoms with Gasteiger partial charge in [-0.2, -0.15) is 5.10 Å². The summed E-state index contributed by atoms with van der Waals surface area (Å²) < 4.78 is 2.06. The monoisotopic (exact) mass is 485 g/mol. The molecule has 2 aliphatic carbocycles. The fourth-order valence-electron chi connectivity index (χ4n) is 5.49. The fourth-order valence-corrected chi connectivity index (χ4v) is 5.49. The lowest BCUT2D eigenvalue weighted by Gasteiger charge is -2.33. The minimum absolute atomic E-state index is 0.000605. The minimum atomic E-state index is -0.410. The molecule has 36 heavy (non-hydrogen) atoms. The quantitative estimate of drug-likeness (QED) is 0.320. The molecular formula is C28H35N7O. The Kier molecular flexibility index (Phi) is 6.09. The van der Waals surface area contributed by atoms with Crippen molar-refractivity contribution in [3.8, 4) is 11.3 Å². The number of rotatable bonds is 9. The van der Waals surface area contributed by atoms with E-state index in [4.69, 9.17) is 10.1 Å². The highest BCUT2D eigenvalue weighted by molar-refractivity contribution is 5.94. The van der Waals surface area contributed by atoms with Crippen molar-refractivity contribution in [2.45, 2.75) is 69.9 Å². The molecule has 8 heteroatoms. The summed E-state index contributed by atoms with van der Waals surface area (Å²) in [6.45, 7) is 4.42. The van der Waals surface area contributed by atoms with Crippen molar-refractivity contribution in [2.75, 3.05) is 6.54 Å². The van der Waals surface area contributed by atoms with Crippen LogP contribution in [0.25, 0.3) is 22.2 Å². The number of pyridine rings is 1. The predicted octanol–water partition coefficient (Wildman–Crippen LogP) is 4.59. The fraction of sp³-hybridized carbons (Fsp3) is 0.500. The zero-order valence-corrected chi connectivity index (χ0v) is 21.3. The molecule has 8 nitrogen and oxygen atoms in total. The van der Waals surface area contributed by atoms with Crippen molar-refractivity contribution in [3.05, 3.63) is 59.4 Å². The van der Waals surface area contributed by atoms with Crippen LogP contribution in [0.3, 0.4) is 0 Å². The van der Waals surface area contributed by atoms with Crippen LogP contribution in [0.1, 0.15) is 86.6 Å². The molecule has 3 aromatic heterocycles. The third-order valence-corrected chi connectivity index (χ3v) is 7.89. The Morgan fingerprint density at radius 2 is 2.00 bits per heavy atom. The number of hydrogen-bond donors (Lipinski definition) is 3. The largest absolute Gasteiger partial charge is 0.392 e. The number of aromatic nitrogens is 6. The minimum Gasteiger partial charge on any atom is -0.392 e. The summed E-state index contributed by atoms with van der Waals surface area (Å²) in [4.78, 5) is 5.05. The van der Waals surface area contributed by atoms with Crippen LogP contribution in [-0.4, -0.2) is 47.7 Å². The molecule has 0 unspecified atom stereocenters. The van der Waals surface area contributed by atoms with Crippen molar-refractivity contribution >= 4 is 10.9 Å². The van der Waals surface area contributed by atoms with E-state index in [1.165, 1.54) is 37.7 Å². The molecule has 0 spiro atoms. The highest BCUT2D eigenvalue weighted by Crippen LogP contribution is 2.44. The first-order chi connectivity index (χ1) is 17.5. The van der Waals surface area contributed by atoms with Gasteiger partial charge in [-0.25, -0.2) is 0 Å². The van der Waals surface area contributed by atoms with Gasteiger partial charge in [-0.15, -0.1) is 10.2 Å². The van der Waals surface area contributed by atoms with Crippen LogP contribution in [0.4, 0.5) is 0 Å². The molecule has 3 atom stereocenters.